The molecule has 6 unspecified atom stereocenters. The second kappa shape index (κ2) is 14.0. The van der Waals surface area contributed by atoms with Gasteiger partial charge in [0.1, 0.15) is 5.75 Å². The molecule has 2 saturated carbocycles. The van der Waals surface area contributed by atoms with Crippen molar-refractivity contribution in [3.8, 4) is 5.75 Å². The number of amides is 3. The van der Waals surface area contributed by atoms with E-state index < -0.39 is 23.8 Å². The maximum Gasteiger partial charge on any atom is 0.338 e. The Morgan fingerprint density at radius 1 is 0.811 bits per heavy atom. The van der Waals surface area contributed by atoms with Gasteiger partial charge in [-0.15, -0.1) is 11.8 Å². The van der Waals surface area contributed by atoms with Crippen LogP contribution in [0.15, 0.2) is 82.6 Å². The normalized spacial score (nSPS) is 25.0. The van der Waals surface area contributed by atoms with Gasteiger partial charge in [-0.3, -0.25) is 24.1 Å². The highest BCUT2D eigenvalue weighted by molar-refractivity contribution is 8.00. The summed E-state index contributed by atoms with van der Waals surface area (Å²) >= 11 is 2.80. The lowest BCUT2D eigenvalue weighted by Crippen LogP contribution is -2.42. The second-order valence-electron chi connectivity index (χ2n) is 13.4. The van der Waals surface area contributed by atoms with Gasteiger partial charge in [-0.05, 0) is 104 Å². The van der Waals surface area contributed by atoms with Crippen LogP contribution in [-0.2, 0) is 23.9 Å². The van der Waals surface area contributed by atoms with Crippen LogP contribution in [0.2, 0.25) is 0 Å². The number of aromatic nitrogens is 1. The minimum absolute atomic E-state index is 0.0147. The molecule has 3 heterocycles. The van der Waals surface area contributed by atoms with E-state index >= 15 is 0 Å². The molecule has 2 bridgehead atoms. The molecule has 2 aliphatic carbocycles. The van der Waals surface area contributed by atoms with Gasteiger partial charge in [0, 0.05) is 21.7 Å². The Labute approximate surface area is 312 Å². The number of thiazole rings is 1. The number of esters is 2. The molecule has 0 spiro atoms. The van der Waals surface area contributed by atoms with Crippen molar-refractivity contribution in [2.45, 2.75) is 36.5 Å². The molecule has 0 radical (unpaired) electrons. The van der Waals surface area contributed by atoms with Crippen LogP contribution in [0.4, 0.5) is 11.4 Å². The largest absolute Gasteiger partial charge is 0.484 e. The van der Waals surface area contributed by atoms with Gasteiger partial charge >= 0.3 is 16.8 Å². The number of benzene rings is 3. The predicted octanol–water partition coefficient (Wildman–Crippen LogP) is 5.49. The van der Waals surface area contributed by atoms with Crippen LogP contribution < -0.4 is 19.8 Å². The molecule has 4 aromatic rings. The molecule has 12 nitrogen and oxygen atoms in total. The lowest BCUT2D eigenvalue weighted by Gasteiger charge is -2.43. The molecule has 4 aliphatic rings. The van der Waals surface area contributed by atoms with E-state index in [2.05, 4.69) is 10.3 Å². The fourth-order valence-corrected chi connectivity index (χ4v) is 11.5. The number of imide groups is 1. The summed E-state index contributed by atoms with van der Waals surface area (Å²) < 4.78 is 15.9. The number of nitrogens with one attached hydrogen (secondary N) is 2. The Morgan fingerprint density at radius 3 is 2.04 bits per heavy atom. The summed E-state index contributed by atoms with van der Waals surface area (Å²) in [5.41, 5.74) is 2.65. The van der Waals surface area contributed by atoms with E-state index in [0.29, 0.717) is 28.3 Å². The van der Waals surface area contributed by atoms with Crippen LogP contribution in [0.3, 0.4) is 0 Å². The molecule has 1 aromatic heterocycles. The summed E-state index contributed by atoms with van der Waals surface area (Å²) in [6, 6.07) is 20.3. The van der Waals surface area contributed by atoms with E-state index in [-0.39, 0.29) is 71.3 Å². The van der Waals surface area contributed by atoms with Crippen molar-refractivity contribution in [2.24, 2.45) is 29.6 Å². The molecule has 2 aliphatic heterocycles. The number of ether oxygens (including phenoxy) is 3. The summed E-state index contributed by atoms with van der Waals surface area (Å²) in [6.07, 6.45) is 0.752. The zero-order chi connectivity index (χ0) is 37.0. The van der Waals surface area contributed by atoms with E-state index in [4.69, 9.17) is 14.2 Å². The first-order valence-corrected chi connectivity index (χ1v) is 19.2. The van der Waals surface area contributed by atoms with Crippen LogP contribution >= 0.6 is 23.1 Å². The summed E-state index contributed by atoms with van der Waals surface area (Å²) in [6.45, 7) is 3.74. The first kappa shape index (κ1) is 34.9. The van der Waals surface area contributed by atoms with Crippen molar-refractivity contribution in [3.05, 3.63) is 104 Å². The lowest BCUT2D eigenvalue weighted by molar-refractivity contribution is -0.123. The number of carbonyl (C=O) groups is 5. The quantitative estimate of drug-likeness (QED) is 0.157. The molecule has 3 amide bonds. The number of H-pyrrole nitrogens is 1. The maximum absolute atomic E-state index is 14.1. The smallest absolute Gasteiger partial charge is 0.338 e. The Balaban J connectivity index is 0.988. The van der Waals surface area contributed by atoms with Gasteiger partial charge in [-0.25, -0.2) is 9.59 Å². The number of hydrogen-bond acceptors (Lipinski definition) is 11. The highest BCUT2D eigenvalue weighted by Crippen LogP contribution is 2.68. The number of aromatic amines is 1. The standard InChI is InChI=1S/C39H35N3O9S2/c1-3-49-37(46)20-5-11-22(12-6-20)40-27(43)18-51-24-15-9-19(10-16-24)28-29-25-17-26(32(29)52-34-33(28)53-39(48)41-34)31-30(25)35(44)42(36(31)45)23-13-7-21(8-14-23)38(47)50-4-2/h5-16,25-26,28-32H,3-4,17-18H2,1-2H3,(H,40,43)(H,41,48)/t25?,26?,28-,29?,30?,31?,32?/m1/s1. The average Bonchev–Trinajstić information content (AvgIpc) is 3.90. The third-order valence-electron chi connectivity index (χ3n) is 10.6. The monoisotopic (exact) mass is 753 g/mol. The molecule has 3 aromatic carbocycles. The van der Waals surface area contributed by atoms with Crippen molar-refractivity contribution in [1.82, 2.24) is 4.98 Å². The van der Waals surface area contributed by atoms with Crippen LogP contribution in [0, 0.1) is 29.6 Å². The Bertz CT molecular complexity index is 2160. The minimum atomic E-state index is -0.471. The molecule has 272 valence electrons. The number of fused-ring (bicyclic) bond motifs is 9. The molecule has 53 heavy (non-hydrogen) atoms. The molecule has 3 fully saturated rings. The fourth-order valence-electron chi connectivity index (χ4n) is 8.63. The number of anilines is 2. The van der Waals surface area contributed by atoms with Crippen molar-refractivity contribution < 1.29 is 38.2 Å². The molecule has 2 N–H and O–H groups in total. The van der Waals surface area contributed by atoms with E-state index in [1.54, 1.807) is 86.3 Å². The van der Waals surface area contributed by atoms with E-state index in [1.807, 2.05) is 12.1 Å². The summed E-state index contributed by atoms with van der Waals surface area (Å²) in [5, 5.41) is 3.59. The zero-order valence-corrected chi connectivity index (χ0v) is 30.4. The molecular weight excluding hydrogens is 719 g/mol. The predicted molar refractivity (Wildman–Crippen MR) is 196 cm³/mol. The van der Waals surface area contributed by atoms with Crippen molar-refractivity contribution in [3.63, 3.8) is 0 Å². The van der Waals surface area contributed by atoms with Gasteiger partial charge in [-0.2, -0.15) is 0 Å². The second-order valence-corrected chi connectivity index (χ2v) is 15.6. The highest BCUT2D eigenvalue weighted by Gasteiger charge is 2.69. The fraction of sp³-hybridized carbons (Fsp3) is 0.333. The van der Waals surface area contributed by atoms with E-state index in [9.17, 15) is 28.8 Å². The van der Waals surface area contributed by atoms with Crippen LogP contribution in [0.5, 0.6) is 5.75 Å². The van der Waals surface area contributed by atoms with Crippen LogP contribution in [0.1, 0.15) is 57.3 Å². The average molecular weight is 754 g/mol. The topological polar surface area (TPSA) is 161 Å². The molecule has 1 saturated heterocycles. The van der Waals surface area contributed by atoms with Gasteiger partial charge in [0.05, 0.1) is 46.9 Å². The molecular formula is C39H35N3O9S2. The Kier molecular flexibility index (Phi) is 9.19. The molecule has 7 atom stereocenters. The Morgan fingerprint density at radius 2 is 1.42 bits per heavy atom. The lowest BCUT2D eigenvalue weighted by atomic mass is 9.68. The number of rotatable bonds is 10. The number of hydrogen-bond donors (Lipinski definition) is 2. The number of nitrogens with zero attached hydrogens (tertiary/aromatic N) is 1. The number of thioether (sulfide) groups is 1. The van der Waals surface area contributed by atoms with Gasteiger partial charge in [0.25, 0.3) is 5.91 Å². The first-order chi connectivity index (χ1) is 25.7. The Hall–Kier alpha value is -5.21. The van der Waals surface area contributed by atoms with E-state index in [1.165, 1.54) is 16.2 Å². The summed E-state index contributed by atoms with van der Waals surface area (Å²) in [5.74, 6) is -2.40. The van der Waals surface area contributed by atoms with Crippen LogP contribution in [-0.4, -0.2) is 59.7 Å². The van der Waals surface area contributed by atoms with Crippen molar-refractivity contribution in [1.29, 1.82) is 0 Å². The van der Waals surface area contributed by atoms with Crippen molar-refractivity contribution in [2.75, 3.05) is 30.0 Å². The van der Waals surface area contributed by atoms with Gasteiger partial charge in [0.2, 0.25) is 11.8 Å². The van der Waals surface area contributed by atoms with Gasteiger partial charge < -0.3 is 24.5 Å². The summed E-state index contributed by atoms with van der Waals surface area (Å²) in [4.78, 5) is 82.6. The zero-order valence-electron chi connectivity index (χ0n) is 28.7. The van der Waals surface area contributed by atoms with Gasteiger partial charge in [0.15, 0.2) is 6.61 Å². The van der Waals surface area contributed by atoms with Crippen molar-refractivity contribution >= 4 is 64.1 Å². The first-order valence-electron chi connectivity index (χ1n) is 17.5. The number of carbonyl (C=O) groups excluding carboxylic acids is 5. The van der Waals surface area contributed by atoms with Gasteiger partial charge in [-0.1, -0.05) is 23.5 Å². The van der Waals surface area contributed by atoms with E-state index in [0.717, 1.165) is 21.9 Å². The molecule has 8 rings (SSSR count). The highest BCUT2D eigenvalue weighted by atomic mass is 32.2. The summed E-state index contributed by atoms with van der Waals surface area (Å²) in [7, 11) is 0. The van der Waals surface area contributed by atoms with Crippen LogP contribution in [0.25, 0.3) is 0 Å². The SMILES string of the molecule is CCOC(=O)c1ccc(NC(=O)COc2ccc([C@H]3c4sc(=O)[nH]c4SC4C5CC(C6C(=O)N(c7ccc(C(=O)OCC)cc7)C(=O)C56)C43)cc2)cc1. The third kappa shape index (κ3) is 6.13. The minimum Gasteiger partial charge on any atom is -0.484 e. The maximum atomic E-state index is 14.1. The molecule has 14 heteroatoms. The third-order valence-corrected chi connectivity index (χ3v) is 13.2.